The lowest BCUT2D eigenvalue weighted by Gasteiger charge is -2.11. The number of carbonyl (C=O) groups excluding carboxylic acids is 2. The molecule has 2 N–H and O–H groups in total. The van der Waals surface area contributed by atoms with Crippen molar-refractivity contribution in [3.8, 4) is 11.5 Å². The molecule has 0 spiro atoms. The summed E-state index contributed by atoms with van der Waals surface area (Å²) in [7, 11) is 1.56. The van der Waals surface area contributed by atoms with E-state index in [-0.39, 0.29) is 24.7 Å². The van der Waals surface area contributed by atoms with E-state index < -0.39 is 0 Å². The molecule has 0 atom stereocenters. The van der Waals surface area contributed by atoms with Gasteiger partial charge in [-0.1, -0.05) is 48.0 Å². The van der Waals surface area contributed by atoms with Crippen LogP contribution in [0.5, 0.6) is 11.5 Å². The topological polar surface area (TPSA) is 89.0 Å². The van der Waals surface area contributed by atoms with E-state index in [1.54, 1.807) is 19.2 Å². The van der Waals surface area contributed by atoms with Gasteiger partial charge < -0.3 is 14.8 Å². The summed E-state index contributed by atoms with van der Waals surface area (Å²) >= 11 is 0. The van der Waals surface area contributed by atoms with Gasteiger partial charge in [0, 0.05) is 18.5 Å². The quantitative estimate of drug-likeness (QED) is 0.356. The van der Waals surface area contributed by atoms with Crippen molar-refractivity contribution in [2.45, 2.75) is 26.4 Å². The standard InChI is InChI=1S/C26H27N3O4/c1-19-8-11-22(12-9-19)28-25(30)14-15-26(31)29-27-17-21-10-13-23(24(16-21)32-2)33-18-20-6-4-3-5-7-20/h3-13,16-17H,14-15,18H2,1-2H3,(H,28,30)(H,29,31). The number of nitrogens with one attached hydrogen (secondary N) is 2. The van der Waals surface area contributed by atoms with Gasteiger partial charge in [-0.05, 0) is 48.4 Å². The van der Waals surface area contributed by atoms with Crippen LogP contribution in [-0.2, 0) is 16.2 Å². The zero-order valence-electron chi connectivity index (χ0n) is 18.7. The number of amides is 2. The molecule has 170 valence electrons. The third-order valence-corrected chi connectivity index (χ3v) is 4.74. The first-order valence-corrected chi connectivity index (χ1v) is 10.6. The van der Waals surface area contributed by atoms with Crippen LogP contribution >= 0.6 is 0 Å². The summed E-state index contributed by atoms with van der Waals surface area (Å²) < 4.78 is 11.2. The van der Waals surface area contributed by atoms with Crippen molar-refractivity contribution < 1.29 is 19.1 Å². The Morgan fingerprint density at radius 3 is 2.36 bits per heavy atom. The maximum atomic E-state index is 12.0. The van der Waals surface area contributed by atoms with Crippen LogP contribution < -0.4 is 20.2 Å². The molecular formula is C26H27N3O4. The molecule has 0 aliphatic rings. The van der Waals surface area contributed by atoms with Gasteiger partial charge in [0.05, 0.1) is 13.3 Å². The van der Waals surface area contributed by atoms with Gasteiger partial charge in [0.15, 0.2) is 11.5 Å². The van der Waals surface area contributed by atoms with E-state index in [4.69, 9.17) is 9.47 Å². The Labute approximate surface area is 193 Å². The predicted octanol–water partition coefficient (Wildman–Crippen LogP) is 4.45. The van der Waals surface area contributed by atoms with Crippen LogP contribution in [0.1, 0.15) is 29.5 Å². The first kappa shape index (κ1) is 23.5. The Hall–Kier alpha value is -4.13. The molecule has 0 saturated carbocycles. The molecule has 0 unspecified atom stereocenters. The molecule has 7 heteroatoms. The van der Waals surface area contributed by atoms with E-state index >= 15 is 0 Å². The second kappa shape index (κ2) is 12.0. The van der Waals surface area contributed by atoms with E-state index in [0.29, 0.717) is 23.8 Å². The van der Waals surface area contributed by atoms with Crippen molar-refractivity contribution in [1.82, 2.24) is 5.43 Å². The van der Waals surface area contributed by atoms with Crippen LogP contribution in [0.3, 0.4) is 0 Å². The molecule has 0 bridgehead atoms. The molecule has 0 aromatic heterocycles. The highest BCUT2D eigenvalue weighted by Gasteiger charge is 2.08. The van der Waals surface area contributed by atoms with Gasteiger partial charge in [-0.15, -0.1) is 0 Å². The van der Waals surface area contributed by atoms with Gasteiger partial charge in [-0.3, -0.25) is 9.59 Å². The number of carbonyl (C=O) groups is 2. The average molecular weight is 446 g/mol. The number of rotatable bonds is 10. The van der Waals surface area contributed by atoms with Crippen LogP contribution in [0.15, 0.2) is 77.9 Å². The third kappa shape index (κ3) is 7.81. The number of nitrogens with zero attached hydrogens (tertiary/aromatic N) is 1. The van der Waals surface area contributed by atoms with Crippen LogP contribution in [-0.4, -0.2) is 25.1 Å². The molecule has 7 nitrogen and oxygen atoms in total. The van der Waals surface area contributed by atoms with E-state index in [0.717, 1.165) is 16.7 Å². The maximum Gasteiger partial charge on any atom is 0.240 e. The Bertz CT molecular complexity index is 1100. The monoisotopic (exact) mass is 445 g/mol. The minimum Gasteiger partial charge on any atom is -0.493 e. The molecule has 2 amide bonds. The highest BCUT2D eigenvalue weighted by atomic mass is 16.5. The van der Waals surface area contributed by atoms with Crippen molar-refractivity contribution in [3.63, 3.8) is 0 Å². The number of hydrogen-bond donors (Lipinski definition) is 2. The van der Waals surface area contributed by atoms with Crippen LogP contribution in [0.4, 0.5) is 5.69 Å². The fraction of sp³-hybridized carbons (Fsp3) is 0.192. The molecule has 3 aromatic carbocycles. The second-order valence-electron chi connectivity index (χ2n) is 7.39. The number of benzene rings is 3. The number of aryl methyl sites for hydroxylation is 1. The van der Waals surface area contributed by atoms with Crippen molar-refractivity contribution in [3.05, 3.63) is 89.5 Å². The third-order valence-electron chi connectivity index (χ3n) is 4.74. The first-order chi connectivity index (χ1) is 16.0. The SMILES string of the molecule is COc1cc(C=NNC(=O)CCC(=O)Nc2ccc(C)cc2)ccc1OCc1ccccc1. The highest BCUT2D eigenvalue weighted by molar-refractivity contribution is 5.93. The summed E-state index contributed by atoms with van der Waals surface area (Å²) in [5, 5.41) is 6.72. The Balaban J connectivity index is 1.45. The Morgan fingerprint density at radius 1 is 0.909 bits per heavy atom. The van der Waals surface area contributed by atoms with Gasteiger partial charge in [0.2, 0.25) is 11.8 Å². The van der Waals surface area contributed by atoms with Crippen molar-refractivity contribution >= 4 is 23.7 Å². The number of ether oxygens (including phenoxy) is 2. The zero-order valence-corrected chi connectivity index (χ0v) is 18.7. The fourth-order valence-corrected chi connectivity index (χ4v) is 2.94. The van der Waals surface area contributed by atoms with Crippen molar-refractivity contribution in [1.29, 1.82) is 0 Å². The molecule has 3 rings (SSSR count). The lowest BCUT2D eigenvalue weighted by molar-refractivity contribution is -0.124. The minimum absolute atomic E-state index is 0.0324. The summed E-state index contributed by atoms with van der Waals surface area (Å²) in [6, 6.07) is 22.7. The maximum absolute atomic E-state index is 12.0. The van der Waals surface area contributed by atoms with Crippen molar-refractivity contribution in [2.24, 2.45) is 5.10 Å². The molecule has 33 heavy (non-hydrogen) atoms. The molecule has 0 radical (unpaired) electrons. The first-order valence-electron chi connectivity index (χ1n) is 10.6. The summed E-state index contributed by atoms with van der Waals surface area (Å²) in [6.45, 7) is 2.40. The van der Waals surface area contributed by atoms with Crippen LogP contribution in [0, 0.1) is 6.92 Å². The Kier molecular flexibility index (Phi) is 8.59. The van der Waals surface area contributed by atoms with E-state index in [9.17, 15) is 9.59 Å². The number of hydrazone groups is 1. The highest BCUT2D eigenvalue weighted by Crippen LogP contribution is 2.28. The number of hydrogen-bond acceptors (Lipinski definition) is 5. The second-order valence-corrected chi connectivity index (χ2v) is 7.39. The lowest BCUT2D eigenvalue weighted by Crippen LogP contribution is -2.20. The van der Waals surface area contributed by atoms with E-state index in [1.807, 2.05) is 67.6 Å². The van der Waals surface area contributed by atoms with Crippen molar-refractivity contribution in [2.75, 3.05) is 12.4 Å². The molecule has 0 aliphatic carbocycles. The van der Waals surface area contributed by atoms with Gasteiger partial charge >= 0.3 is 0 Å². The fourth-order valence-electron chi connectivity index (χ4n) is 2.94. The van der Waals surface area contributed by atoms with Crippen LogP contribution in [0.2, 0.25) is 0 Å². The predicted molar refractivity (Wildman–Crippen MR) is 129 cm³/mol. The minimum atomic E-state index is -0.347. The van der Waals surface area contributed by atoms with E-state index in [1.165, 1.54) is 6.21 Å². The molecule has 0 heterocycles. The average Bonchev–Trinajstić information content (AvgIpc) is 2.84. The normalized spacial score (nSPS) is 10.6. The summed E-state index contributed by atoms with van der Waals surface area (Å²) in [4.78, 5) is 24.0. The van der Waals surface area contributed by atoms with Gasteiger partial charge in [0.25, 0.3) is 0 Å². The summed E-state index contributed by atoms with van der Waals surface area (Å²) in [6.07, 6.45) is 1.61. The van der Waals surface area contributed by atoms with Crippen LogP contribution in [0.25, 0.3) is 0 Å². The molecule has 0 aliphatic heterocycles. The largest absolute Gasteiger partial charge is 0.493 e. The Morgan fingerprint density at radius 2 is 1.64 bits per heavy atom. The summed E-state index contributed by atoms with van der Waals surface area (Å²) in [5.41, 5.74) is 6.04. The molecule has 3 aromatic rings. The zero-order chi connectivity index (χ0) is 23.5. The van der Waals surface area contributed by atoms with Gasteiger partial charge in [-0.25, -0.2) is 5.43 Å². The number of anilines is 1. The van der Waals surface area contributed by atoms with Gasteiger partial charge in [0.1, 0.15) is 6.61 Å². The summed E-state index contributed by atoms with van der Waals surface area (Å²) in [5.74, 6) is 0.602. The van der Waals surface area contributed by atoms with Gasteiger partial charge in [-0.2, -0.15) is 5.10 Å². The van der Waals surface area contributed by atoms with E-state index in [2.05, 4.69) is 15.8 Å². The molecule has 0 saturated heterocycles. The molecule has 0 fully saturated rings. The number of methoxy groups -OCH3 is 1. The molecular weight excluding hydrogens is 418 g/mol. The lowest BCUT2D eigenvalue weighted by atomic mass is 10.2. The smallest absolute Gasteiger partial charge is 0.240 e.